The second-order valence-electron chi connectivity index (χ2n) is 7.61. The molecule has 0 saturated carbocycles. The maximum absolute atomic E-state index is 13.2. The van der Waals surface area contributed by atoms with E-state index < -0.39 is 17.6 Å². The number of benzene rings is 2. The third-order valence-corrected chi connectivity index (χ3v) is 4.87. The normalized spacial score (nSPS) is 10.8. The molecule has 2 aromatic carbocycles. The zero-order valence-electron chi connectivity index (χ0n) is 17.5. The van der Waals surface area contributed by atoms with Crippen molar-refractivity contribution in [2.24, 2.45) is 5.92 Å². The number of hydrogen-bond donors (Lipinski definition) is 3. The second kappa shape index (κ2) is 10.2. The van der Waals surface area contributed by atoms with Crippen LogP contribution in [0.2, 0.25) is 5.02 Å². The summed E-state index contributed by atoms with van der Waals surface area (Å²) in [6.45, 7) is 4.40. The summed E-state index contributed by atoms with van der Waals surface area (Å²) in [7, 11) is 0. The van der Waals surface area contributed by atoms with Crippen molar-refractivity contribution in [1.29, 1.82) is 0 Å². The lowest BCUT2D eigenvalue weighted by Crippen LogP contribution is -2.29. The molecule has 1 aromatic heterocycles. The summed E-state index contributed by atoms with van der Waals surface area (Å²) in [6, 6.07) is 10.3. The van der Waals surface area contributed by atoms with E-state index in [9.17, 15) is 18.8 Å². The third-order valence-electron chi connectivity index (χ3n) is 4.56. The van der Waals surface area contributed by atoms with Crippen LogP contribution in [0, 0.1) is 11.7 Å². The van der Waals surface area contributed by atoms with Crippen molar-refractivity contribution in [1.82, 2.24) is 15.3 Å². The highest BCUT2D eigenvalue weighted by Crippen LogP contribution is 2.20. The lowest BCUT2D eigenvalue weighted by molar-refractivity contribution is 0.0931. The van der Waals surface area contributed by atoms with Gasteiger partial charge in [-0.25, -0.2) is 9.37 Å². The van der Waals surface area contributed by atoms with Crippen LogP contribution in [0.1, 0.15) is 50.7 Å². The quantitative estimate of drug-likeness (QED) is 0.440. The summed E-state index contributed by atoms with van der Waals surface area (Å²) in [5, 5.41) is 5.48. The Labute approximate surface area is 189 Å². The highest BCUT2D eigenvalue weighted by atomic mass is 35.5. The Bertz CT molecular complexity index is 1140. The zero-order chi connectivity index (χ0) is 23.3. The number of amides is 2. The smallest absolute Gasteiger partial charge is 0.276 e. The molecule has 0 radical (unpaired) electrons. The molecule has 1 heterocycles. The van der Waals surface area contributed by atoms with Crippen molar-refractivity contribution in [3.05, 3.63) is 82.1 Å². The van der Waals surface area contributed by atoms with E-state index in [2.05, 4.69) is 20.6 Å². The molecule has 0 aliphatic heterocycles. The van der Waals surface area contributed by atoms with Crippen molar-refractivity contribution in [3.63, 3.8) is 0 Å². The summed E-state index contributed by atoms with van der Waals surface area (Å²) < 4.78 is 13.2. The first-order valence-electron chi connectivity index (χ1n) is 9.94. The summed E-state index contributed by atoms with van der Waals surface area (Å²) >= 11 is 5.95. The standard InChI is InChI=1S/C23H22ClFN4O3/c1-13(2)11-26-22(31)20-21(28-12-27-20)23(32)29-16-6-3-14(4-7-16)9-19(30)17-8-5-15(25)10-18(17)24/h3-8,10,12-13H,9,11H2,1-2H3,(H,26,31)(H,27,28)(H,29,32). The van der Waals surface area contributed by atoms with E-state index >= 15 is 0 Å². The minimum Gasteiger partial charge on any atom is -0.350 e. The SMILES string of the molecule is CC(C)CNC(=O)c1[nH]cnc1C(=O)Nc1ccc(CC(=O)c2ccc(F)cc2Cl)cc1. The van der Waals surface area contributed by atoms with Crippen molar-refractivity contribution >= 4 is 34.9 Å². The predicted molar refractivity (Wildman–Crippen MR) is 120 cm³/mol. The molecule has 0 spiro atoms. The van der Waals surface area contributed by atoms with Crippen molar-refractivity contribution in [2.45, 2.75) is 20.3 Å². The average Bonchev–Trinajstić information content (AvgIpc) is 3.23. The number of nitrogens with one attached hydrogen (secondary N) is 3. The molecule has 0 fully saturated rings. The van der Waals surface area contributed by atoms with Crippen LogP contribution in [0.5, 0.6) is 0 Å². The lowest BCUT2D eigenvalue weighted by Gasteiger charge is -2.09. The molecule has 0 bridgehead atoms. The van der Waals surface area contributed by atoms with Crippen molar-refractivity contribution < 1.29 is 18.8 Å². The fourth-order valence-corrected chi connectivity index (χ4v) is 3.19. The number of ketones is 1. The van der Waals surface area contributed by atoms with Gasteiger partial charge in [-0.15, -0.1) is 0 Å². The fraction of sp³-hybridized carbons (Fsp3) is 0.217. The monoisotopic (exact) mass is 456 g/mol. The van der Waals surface area contributed by atoms with Gasteiger partial charge in [0, 0.05) is 24.2 Å². The number of halogens is 2. The second-order valence-corrected chi connectivity index (χ2v) is 8.01. The molecule has 3 N–H and O–H groups in total. The van der Waals surface area contributed by atoms with Crippen LogP contribution in [0.3, 0.4) is 0 Å². The van der Waals surface area contributed by atoms with Gasteiger partial charge in [0.05, 0.1) is 11.3 Å². The molecule has 3 rings (SSSR count). The number of carbonyl (C=O) groups excluding carboxylic acids is 3. The van der Waals surface area contributed by atoms with Gasteiger partial charge in [0.2, 0.25) is 0 Å². The van der Waals surface area contributed by atoms with E-state index in [1.807, 2.05) is 13.8 Å². The molecule has 166 valence electrons. The van der Waals surface area contributed by atoms with Gasteiger partial charge in [-0.1, -0.05) is 37.6 Å². The lowest BCUT2D eigenvalue weighted by atomic mass is 10.0. The van der Waals surface area contributed by atoms with Crippen LogP contribution in [0.15, 0.2) is 48.8 Å². The third kappa shape index (κ3) is 5.79. The molecule has 7 nitrogen and oxygen atoms in total. The Balaban J connectivity index is 1.64. The van der Waals surface area contributed by atoms with E-state index in [1.54, 1.807) is 24.3 Å². The molecule has 0 unspecified atom stereocenters. The molecule has 32 heavy (non-hydrogen) atoms. The van der Waals surface area contributed by atoms with E-state index in [4.69, 9.17) is 11.6 Å². The Morgan fingerprint density at radius 1 is 1.09 bits per heavy atom. The molecule has 0 atom stereocenters. The number of Topliss-reactive ketones (excluding diaryl/α,β-unsaturated/α-hetero) is 1. The molecular formula is C23H22ClFN4O3. The van der Waals surface area contributed by atoms with Crippen molar-refractivity contribution in [3.8, 4) is 0 Å². The molecule has 2 amide bonds. The molecule has 0 aliphatic rings. The Kier molecular flexibility index (Phi) is 7.37. The Morgan fingerprint density at radius 2 is 1.81 bits per heavy atom. The minimum atomic E-state index is -0.539. The molecular weight excluding hydrogens is 435 g/mol. The number of rotatable bonds is 8. The van der Waals surface area contributed by atoms with Gasteiger partial charge in [-0.05, 0) is 41.8 Å². The maximum Gasteiger partial charge on any atom is 0.276 e. The van der Waals surface area contributed by atoms with Gasteiger partial charge in [0.25, 0.3) is 11.8 Å². The summed E-state index contributed by atoms with van der Waals surface area (Å²) in [5.41, 5.74) is 1.48. The van der Waals surface area contributed by atoms with E-state index in [0.717, 1.165) is 6.07 Å². The molecule has 3 aromatic rings. The van der Waals surface area contributed by atoms with Gasteiger partial charge >= 0.3 is 0 Å². The van der Waals surface area contributed by atoms with Crippen LogP contribution < -0.4 is 10.6 Å². The number of aromatic nitrogens is 2. The number of aromatic amines is 1. The number of anilines is 1. The van der Waals surface area contributed by atoms with Crippen LogP contribution in [0.4, 0.5) is 10.1 Å². The first kappa shape index (κ1) is 23.1. The topological polar surface area (TPSA) is 104 Å². The van der Waals surface area contributed by atoms with E-state index in [-0.39, 0.29) is 40.1 Å². The first-order valence-corrected chi connectivity index (χ1v) is 10.3. The number of imidazole rings is 1. The number of hydrogen-bond acceptors (Lipinski definition) is 4. The number of nitrogens with zero attached hydrogens (tertiary/aromatic N) is 1. The maximum atomic E-state index is 13.2. The molecule has 0 aliphatic carbocycles. The molecule has 9 heteroatoms. The Morgan fingerprint density at radius 3 is 2.47 bits per heavy atom. The number of carbonyl (C=O) groups is 3. The van der Waals surface area contributed by atoms with Gasteiger partial charge in [-0.2, -0.15) is 0 Å². The predicted octanol–water partition coefficient (Wildman–Crippen LogP) is 4.27. The van der Waals surface area contributed by atoms with Crippen LogP contribution in [-0.2, 0) is 6.42 Å². The average molecular weight is 457 g/mol. The van der Waals surface area contributed by atoms with Crippen LogP contribution in [0.25, 0.3) is 0 Å². The summed E-state index contributed by atoms with van der Waals surface area (Å²) in [4.78, 5) is 43.9. The fourth-order valence-electron chi connectivity index (χ4n) is 2.92. The largest absolute Gasteiger partial charge is 0.350 e. The zero-order valence-corrected chi connectivity index (χ0v) is 18.3. The van der Waals surface area contributed by atoms with Gasteiger partial charge in [0.1, 0.15) is 11.5 Å². The summed E-state index contributed by atoms with van der Waals surface area (Å²) in [6.07, 6.45) is 1.35. The van der Waals surface area contributed by atoms with Crippen LogP contribution in [-0.4, -0.2) is 34.1 Å². The van der Waals surface area contributed by atoms with Gasteiger partial charge in [0.15, 0.2) is 11.5 Å². The van der Waals surface area contributed by atoms with Gasteiger partial charge < -0.3 is 15.6 Å². The Hall–Kier alpha value is -3.52. The first-order chi connectivity index (χ1) is 15.2. The van der Waals surface area contributed by atoms with Crippen molar-refractivity contribution in [2.75, 3.05) is 11.9 Å². The van der Waals surface area contributed by atoms with Gasteiger partial charge in [-0.3, -0.25) is 14.4 Å². The minimum absolute atomic E-state index is 0.0172. The highest BCUT2D eigenvalue weighted by Gasteiger charge is 2.20. The summed E-state index contributed by atoms with van der Waals surface area (Å²) in [5.74, 6) is -1.44. The number of H-pyrrole nitrogens is 1. The molecule has 0 saturated heterocycles. The van der Waals surface area contributed by atoms with E-state index in [0.29, 0.717) is 17.8 Å². The van der Waals surface area contributed by atoms with Crippen LogP contribution >= 0.6 is 11.6 Å². The highest BCUT2D eigenvalue weighted by molar-refractivity contribution is 6.34. The van der Waals surface area contributed by atoms with E-state index in [1.165, 1.54) is 18.5 Å².